The van der Waals surface area contributed by atoms with Gasteiger partial charge in [-0.2, -0.15) is 0 Å². The minimum Gasteiger partial charge on any atom is -0.493 e. The number of nitrogens with zero attached hydrogens (tertiary/aromatic N) is 2. The first-order valence-corrected chi connectivity index (χ1v) is 9.76. The van der Waals surface area contributed by atoms with Crippen molar-refractivity contribution in [2.45, 2.75) is 40.5 Å². The summed E-state index contributed by atoms with van der Waals surface area (Å²) in [6, 6.07) is 5.81. The molecule has 1 aromatic rings. The molecule has 148 valence electrons. The predicted octanol–water partition coefficient (Wildman–Crippen LogP) is 3.59. The van der Waals surface area contributed by atoms with Crippen molar-refractivity contribution >= 4 is 11.6 Å². The van der Waals surface area contributed by atoms with Crippen LogP contribution in [0.3, 0.4) is 0 Å². The van der Waals surface area contributed by atoms with Crippen molar-refractivity contribution < 1.29 is 9.47 Å². The van der Waals surface area contributed by atoms with E-state index < -0.39 is 0 Å². The Bertz CT molecular complexity index is 531. The number of benzene rings is 1. The van der Waals surface area contributed by atoms with Gasteiger partial charge in [0.15, 0.2) is 17.5 Å². The Balaban J connectivity index is 2.62. The number of ether oxygens (including phenoxy) is 2. The summed E-state index contributed by atoms with van der Waals surface area (Å²) in [4.78, 5) is 7.12. The van der Waals surface area contributed by atoms with Crippen molar-refractivity contribution in [2.24, 2.45) is 4.99 Å². The van der Waals surface area contributed by atoms with Crippen molar-refractivity contribution in [3.05, 3.63) is 18.2 Å². The number of nitrogens with one attached hydrogen (secondary N) is 2. The normalized spacial score (nSPS) is 11.5. The van der Waals surface area contributed by atoms with Crippen LogP contribution in [0.5, 0.6) is 11.5 Å². The van der Waals surface area contributed by atoms with E-state index in [1.165, 1.54) is 6.42 Å². The standard InChI is InChI=1S/C20H36N4O2/c1-6-21-20(22-14-10-11-15-24(7-2)8-3)23-17-12-13-18(25-5)19(16-17)26-9-4/h12-13,16H,6-11,14-15H2,1-5H3,(H2,21,22,23). The van der Waals surface area contributed by atoms with Crippen LogP contribution in [0, 0.1) is 0 Å². The molecule has 1 aromatic carbocycles. The minimum absolute atomic E-state index is 0.598. The molecule has 0 fully saturated rings. The highest BCUT2D eigenvalue weighted by molar-refractivity contribution is 5.93. The lowest BCUT2D eigenvalue weighted by molar-refractivity contribution is 0.298. The number of anilines is 1. The summed E-state index contributed by atoms with van der Waals surface area (Å²) in [5, 5.41) is 6.63. The average molecular weight is 365 g/mol. The molecule has 0 radical (unpaired) electrons. The van der Waals surface area contributed by atoms with E-state index in [4.69, 9.17) is 9.47 Å². The van der Waals surface area contributed by atoms with E-state index >= 15 is 0 Å². The monoisotopic (exact) mass is 364 g/mol. The van der Waals surface area contributed by atoms with Gasteiger partial charge in [0.25, 0.3) is 0 Å². The number of hydrogen-bond acceptors (Lipinski definition) is 4. The molecule has 0 bridgehead atoms. The van der Waals surface area contributed by atoms with Gasteiger partial charge < -0.3 is 25.0 Å². The Labute approximate surface area is 159 Å². The highest BCUT2D eigenvalue weighted by atomic mass is 16.5. The topological polar surface area (TPSA) is 58.1 Å². The summed E-state index contributed by atoms with van der Waals surface area (Å²) in [5.74, 6) is 2.26. The molecule has 0 saturated carbocycles. The number of rotatable bonds is 12. The fraction of sp³-hybridized carbons (Fsp3) is 0.650. The van der Waals surface area contributed by atoms with Crippen molar-refractivity contribution in [3.8, 4) is 11.5 Å². The molecular weight excluding hydrogens is 328 g/mol. The highest BCUT2D eigenvalue weighted by Gasteiger charge is 2.07. The molecule has 6 nitrogen and oxygen atoms in total. The number of guanidine groups is 1. The van der Waals surface area contributed by atoms with Gasteiger partial charge in [-0.15, -0.1) is 0 Å². The van der Waals surface area contributed by atoms with Gasteiger partial charge in [0.05, 0.1) is 13.7 Å². The predicted molar refractivity (Wildman–Crippen MR) is 111 cm³/mol. The molecule has 0 aliphatic carbocycles. The number of aliphatic imine (C=N–C) groups is 1. The van der Waals surface area contributed by atoms with Gasteiger partial charge in [-0.25, -0.2) is 0 Å². The molecule has 0 heterocycles. The number of hydrogen-bond donors (Lipinski definition) is 2. The van der Waals surface area contributed by atoms with Crippen LogP contribution in [0.25, 0.3) is 0 Å². The maximum atomic E-state index is 5.64. The lowest BCUT2D eigenvalue weighted by Gasteiger charge is -2.17. The second kappa shape index (κ2) is 13.3. The van der Waals surface area contributed by atoms with Crippen molar-refractivity contribution in [1.82, 2.24) is 10.2 Å². The van der Waals surface area contributed by atoms with E-state index in [-0.39, 0.29) is 0 Å². The van der Waals surface area contributed by atoms with Crippen LogP contribution in [-0.2, 0) is 0 Å². The first-order chi connectivity index (χ1) is 12.7. The molecule has 26 heavy (non-hydrogen) atoms. The lowest BCUT2D eigenvalue weighted by Crippen LogP contribution is -2.30. The molecule has 2 N–H and O–H groups in total. The first-order valence-electron chi connectivity index (χ1n) is 9.76. The fourth-order valence-electron chi connectivity index (χ4n) is 2.64. The second-order valence-electron chi connectivity index (χ2n) is 5.92. The lowest BCUT2D eigenvalue weighted by atomic mass is 10.2. The van der Waals surface area contributed by atoms with E-state index in [2.05, 4.69) is 41.3 Å². The smallest absolute Gasteiger partial charge is 0.195 e. The molecule has 0 atom stereocenters. The molecule has 0 spiro atoms. The summed E-state index contributed by atoms with van der Waals surface area (Å²) in [5.41, 5.74) is 0.928. The molecule has 0 saturated heterocycles. The number of methoxy groups -OCH3 is 1. The van der Waals surface area contributed by atoms with Gasteiger partial charge in [0, 0.05) is 24.8 Å². The van der Waals surface area contributed by atoms with E-state index in [0.29, 0.717) is 6.61 Å². The molecule has 0 aliphatic heterocycles. The maximum absolute atomic E-state index is 5.64. The maximum Gasteiger partial charge on any atom is 0.195 e. The molecule has 1 rings (SSSR count). The molecule has 6 heteroatoms. The van der Waals surface area contributed by atoms with Gasteiger partial charge in [0.1, 0.15) is 0 Å². The molecule has 0 unspecified atom stereocenters. The zero-order chi connectivity index (χ0) is 19.2. The summed E-state index contributed by atoms with van der Waals surface area (Å²) in [6.07, 6.45) is 2.25. The van der Waals surface area contributed by atoms with Crippen LogP contribution in [0.1, 0.15) is 40.5 Å². The van der Waals surface area contributed by atoms with Gasteiger partial charge in [-0.1, -0.05) is 13.8 Å². The fourth-order valence-corrected chi connectivity index (χ4v) is 2.64. The SMILES string of the molecule is CCNC(=NCCCCN(CC)CC)Nc1ccc(OC)c(OCC)c1. The Morgan fingerprint density at radius 3 is 2.46 bits per heavy atom. The van der Waals surface area contributed by atoms with Crippen LogP contribution in [-0.4, -0.2) is 57.3 Å². The Morgan fingerprint density at radius 2 is 1.85 bits per heavy atom. The third kappa shape index (κ3) is 7.95. The van der Waals surface area contributed by atoms with Gasteiger partial charge in [-0.05, 0) is 58.5 Å². The van der Waals surface area contributed by atoms with E-state index in [1.807, 2.05) is 25.1 Å². The van der Waals surface area contributed by atoms with Crippen LogP contribution in [0.4, 0.5) is 5.69 Å². The average Bonchev–Trinajstić information content (AvgIpc) is 2.65. The van der Waals surface area contributed by atoms with Gasteiger partial charge >= 0.3 is 0 Å². The summed E-state index contributed by atoms with van der Waals surface area (Å²) >= 11 is 0. The molecule has 0 amide bonds. The Morgan fingerprint density at radius 1 is 1.08 bits per heavy atom. The molecule has 0 aromatic heterocycles. The van der Waals surface area contributed by atoms with Crippen LogP contribution >= 0.6 is 0 Å². The first kappa shape index (κ1) is 22.1. The quantitative estimate of drug-likeness (QED) is 0.337. The van der Waals surface area contributed by atoms with E-state index in [1.54, 1.807) is 7.11 Å². The number of unbranched alkanes of at least 4 members (excludes halogenated alkanes) is 1. The summed E-state index contributed by atoms with van der Waals surface area (Å²) < 4.78 is 11.0. The highest BCUT2D eigenvalue weighted by Crippen LogP contribution is 2.30. The van der Waals surface area contributed by atoms with E-state index in [0.717, 1.165) is 62.3 Å². The molecule has 0 aliphatic rings. The zero-order valence-electron chi connectivity index (χ0n) is 17.1. The van der Waals surface area contributed by atoms with Gasteiger partial charge in [-0.3, -0.25) is 4.99 Å². The van der Waals surface area contributed by atoms with Crippen LogP contribution < -0.4 is 20.1 Å². The Hall–Kier alpha value is -1.95. The Kier molecular flexibility index (Phi) is 11.3. The summed E-state index contributed by atoms with van der Waals surface area (Å²) in [6.45, 7) is 14.0. The van der Waals surface area contributed by atoms with Crippen LogP contribution in [0.15, 0.2) is 23.2 Å². The summed E-state index contributed by atoms with van der Waals surface area (Å²) in [7, 11) is 1.65. The van der Waals surface area contributed by atoms with Gasteiger partial charge in [0.2, 0.25) is 0 Å². The van der Waals surface area contributed by atoms with Crippen LogP contribution in [0.2, 0.25) is 0 Å². The molecular formula is C20H36N4O2. The van der Waals surface area contributed by atoms with Crippen molar-refractivity contribution in [2.75, 3.05) is 51.8 Å². The van der Waals surface area contributed by atoms with E-state index in [9.17, 15) is 0 Å². The second-order valence-corrected chi connectivity index (χ2v) is 5.92. The third-order valence-corrected chi connectivity index (χ3v) is 4.12. The third-order valence-electron chi connectivity index (χ3n) is 4.12. The largest absolute Gasteiger partial charge is 0.493 e. The van der Waals surface area contributed by atoms with Crippen molar-refractivity contribution in [1.29, 1.82) is 0 Å². The van der Waals surface area contributed by atoms with Crippen molar-refractivity contribution in [3.63, 3.8) is 0 Å². The minimum atomic E-state index is 0.598. The zero-order valence-corrected chi connectivity index (χ0v) is 17.1.